The lowest BCUT2D eigenvalue weighted by Crippen LogP contribution is -2.07. The average Bonchev–Trinajstić information content (AvgIpc) is 3.02. The van der Waals surface area contributed by atoms with E-state index in [1.54, 1.807) is 0 Å². The van der Waals surface area contributed by atoms with Gasteiger partial charge in [0.1, 0.15) is 0 Å². The first-order chi connectivity index (χ1) is 10.4. The zero-order valence-electron chi connectivity index (χ0n) is 12.2. The quantitative estimate of drug-likeness (QED) is 0.762. The maximum Gasteiger partial charge on any atom is 0.207 e. The third-order valence-electron chi connectivity index (χ3n) is 3.61. The highest BCUT2D eigenvalue weighted by Gasteiger charge is 2.05. The number of hydrogen-bond donors (Lipinski definition) is 1. The minimum absolute atomic E-state index is 0.786. The molecule has 1 heterocycles. The van der Waals surface area contributed by atoms with E-state index >= 15 is 0 Å². The second kappa shape index (κ2) is 6.27. The highest BCUT2D eigenvalue weighted by atomic mass is 15.2. The molecule has 2 aromatic carbocycles. The lowest BCUT2D eigenvalue weighted by Gasteiger charge is -2.12. The molecule has 3 nitrogen and oxygen atoms in total. The first kappa shape index (κ1) is 13.4. The fourth-order valence-corrected chi connectivity index (χ4v) is 2.48. The second-order valence-corrected chi connectivity index (χ2v) is 4.93. The summed E-state index contributed by atoms with van der Waals surface area (Å²) in [6, 6.07) is 18.8. The van der Waals surface area contributed by atoms with Crippen LogP contribution in [0.15, 0.2) is 67.0 Å². The third-order valence-corrected chi connectivity index (χ3v) is 3.61. The van der Waals surface area contributed by atoms with Gasteiger partial charge in [-0.25, -0.2) is 4.98 Å². The van der Waals surface area contributed by atoms with Gasteiger partial charge < -0.3 is 5.32 Å². The molecule has 0 unspecified atom stereocenters. The largest absolute Gasteiger partial charge is 0.351 e. The molecule has 3 rings (SSSR count). The Bertz CT molecular complexity index is 701. The van der Waals surface area contributed by atoms with E-state index in [0.717, 1.165) is 24.6 Å². The van der Waals surface area contributed by atoms with E-state index in [9.17, 15) is 0 Å². The molecule has 1 N–H and O–H groups in total. The van der Waals surface area contributed by atoms with E-state index in [-0.39, 0.29) is 0 Å². The van der Waals surface area contributed by atoms with E-state index in [1.165, 1.54) is 11.1 Å². The number of benzene rings is 2. The summed E-state index contributed by atoms with van der Waals surface area (Å²) in [5, 5.41) is 3.43. The Morgan fingerprint density at radius 3 is 2.43 bits per heavy atom. The van der Waals surface area contributed by atoms with Gasteiger partial charge in [0.05, 0.1) is 0 Å². The SMILES string of the molecule is CCc1ccccc1CNc1nccn1-c1ccccc1. The van der Waals surface area contributed by atoms with Crippen molar-refractivity contribution in [2.45, 2.75) is 19.9 Å². The minimum Gasteiger partial charge on any atom is -0.351 e. The molecule has 0 aliphatic carbocycles. The van der Waals surface area contributed by atoms with Crippen LogP contribution in [0.1, 0.15) is 18.1 Å². The average molecular weight is 277 g/mol. The van der Waals surface area contributed by atoms with Crippen LogP contribution >= 0.6 is 0 Å². The fraction of sp³-hybridized carbons (Fsp3) is 0.167. The van der Waals surface area contributed by atoms with E-state index in [4.69, 9.17) is 0 Å². The monoisotopic (exact) mass is 277 g/mol. The van der Waals surface area contributed by atoms with Crippen molar-refractivity contribution in [1.82, 2.24) is 9.55 Å². The zero-order valence-corrected chi connectivity index (χ0v) is 12.2. The summed E-state index contributed by atoms with van der Waals surface area (Å²) >= 11 is 0. The number of nitrogens with one attached hydrogen (secondary N) is 1. The van der Waals surface area contributed by atoms with E-state index in [2.05, 4.69) is 58.2 Å². The van der Waals surface area contributed by atoms with Crippen LogP contribution in [0.2, 0.25) is 0 Å². The molecule has 0 spiro atoms. The van der Waals surface area contributed by atoms with Gasteiger partial charge in [-0.1, -0.05) is 49.4 Å². The lowest BCUT2D eigenvalue weighted by atomic mass is 10.1. The summed E-state index contributed by atoms with van der Waals surface area (Å²) in [4.78, 5) is 4.41. The van der Waals surface area contributed by atoms with Crippen molar-refractivity contribution in [2.75, 3.05) is 5.32 Å². The lowest BCUT2D eigenvalue weighted by molar-refractivity contribution is 0.983. The molecule has 21 heavy (non-hydrogen) atoms. The van der Waals surface area contributed by atoms with Gasteiger partial charge in [-0.15, -0.1) is 0 Å². The predicted molar refractivity (Wildman–Crippen MR) is 86.7 cm³/mol. The van der Waals surface area contributed by atoms with Crippen molar-refractivity contribution in [2.24, 2.45) is 0 Å². The van der Waals surface area contributed by atoms with Crippen LogP contribution in [-0.4, -0.2) is 9.55 Å². The minimum atomic E-state index is 0.786. The van der Waals surface area contributed by atoms with Crippen LogP contribution < -0.4 is 5.32 Å². The summed E-state index contributed by atoms with van der Waals surface area (Å²) < 4.78 is 2.06. The fourth-order valence-electron chi connectivity index (χ4n) is 2.48. The van der Waals surface area contributed by atoms with Crippen LogP contribution in [0.3, 0.4) is 0 Å². The van der Waals surface area contributed by atoms with Gasteiger partial charge >= 0.3 is 0 Å². The van der Waals surface area contributed by atoms with Gasteiger partial charge in [-0.3, -0.25) is 4.57 Å². The Kier molecular flexibility index (Phi) is 4.01. The van der Waals surface area contributed by atoms with Gasteiger partial charge in [0.2, 0.25) is 5.95 Å². The normalized spacial score (nSPS) is 10.5. The first-order valence-electron chi connectivity index (χ1n) is 7.28. The Labute approximate surface area is 125 Å². The molecule has 3 aromatic rings. The van der Waals surface area contributed by atoms with Crippen molar-refractivity contribution in [3.63, 3.8) is 0 Å². The number of para-hydroxylation sites is 1. The number of rotatable bonds is 5. The molecular formula is C18H19N3. The zero-order chi connectivity index (χ0) is 14.5. The van der Waals surface area contributed by atoms with Gasteiger partial charge in [0, 0.05) is 24.6 Å². The van der Waals surface area contributed by atoms with Crippen molar-refractivity contribution >= 4 is 5.95 Å². The summed E-state index contributed by atoms with van der Waals surface area (Å²) in [6.45, 7) is 2.97. The summed E-state index contributed by atoms with van der Waals surface area (Å²) in [6.07, 6.45) is 4.84. The van der Waals surface area contributed by atoms with Gasteiger partial charge in [0.15, 0.2) is 0 Å². The number of imidazole rings is 1. The number of hydrogen-bond acceptors (Lipinski definition) is 2. The molecule has 3 heteroatoms. The van der Waals surface area contributed by atoms with Gasteiger partial charge in [0.25, 0.3) is 0 Å². The van der Waals surface area contributed by atoms with Crippen LogP contribution in [0.25, 0.3) is 5.69 Å². The molecule has 0 saturated carbocycles. The van der Waals surface area contributed by atoms with E-state index < -0.39 is 0 Å². The molecule has 0 fully saturated rings. The first-order valence-corrected chi connectivity index (χ1v) is 7.28. The molecule has 0 saturated heterocycles. The van der Waals surface area contributed by atoms with Crippen LogP contribution in [0.4, 0.5) is 5.95 Å². The molecule has 1 aromatic heterocycles. The smallest absolute Gasteiger partial charge is 0.207 e. The topological polar surface area (TPSA) is 29.9 Å². The molecule has 0 amide bonds. The molecule has 0 aliphatic rings. The molecule has 0 aliphatic heterocycles. The molecule has 0 atom stereocenters. The summed E-state index contributed by atoms with van der Waals surface area (Å²) in [7, 11) is 0. The Balaban J connectivity index is 1.79. The maximum absolute atomic E-state index is 4.41. The molecule has 0 bridgehead atoms. The van der Waals surface area contributed by atoms with Crippen molar-refractivity contribution in [3.8, 4) is 5.69 Å². The number of aromatic nitrogens is 2. The van der Waals surface area contributed by atoms with E-state index in [1.807, 2.05) is 30.6 Å². The number of nitrogens with zero attached hydrogens (tertiary/aromatic N) is 2. The Morgan fingerprint density at radius 2 is 1.67 bits per heavy atom. The van der Waals surface area contributed by atoms with E-state index in [0.29, 0.717) is 0 Å². The molecule has 0 radical (unpaired) electrons. The van der Waals surface area contributed by atoms with Crippen LogP contribution in [0.5, 0.6) is 0 Å². The standard InChI is InChI=1S/C18H19N3/c1-2-15-8-6-7-9-16(15)14-20-18-19-12-13-21(18)17-10-4-3-5-11-17/h3-13H,2,14H2,1H3,(H,19,20). The van der Waals surface area contributed by atoms with Crippen LogP contribution in [-0.2, 0) is 13.0 Å². The van der Waals surface area contributed by atoms with Crippen molar-refractivity contribution < 1.29 is 0 Å². The second-order valence-electron chi connectivity index (χ2n) is 4.93. The maximum atomic E-state index is 4.41. The summed E-state index contributed by atoms with van der Waals surface area (Å²) in [5.41, 5.74) is 3.81. The predicted octanol–water partition coefficient (Wildman–Crippen LogP) is 4.05. The Morgan fingerprint density at radius 1 is 0.952 bits per heavy atom. The molecule has 106 valence electrons. The summed E-state index contributed by atoms with van der Waals surface area (Å²) in [5.74, 6) is 0.868. The van der Waals surface area contributed by atoms with Crippen LogP contribution in [0, 0.1) is 0 Å². The van der Waals surface area contributed by atoms with Gasteiger partial charge in [-0.05, 0) is 29.7 Å². The highest BCUT2D eigenvalue weighted by Crippen LogP contribution is 2.16. The van der Waals surface area contributed by atoms with Gasteiger partial charge in [-0.2, -0.15) is 0 Å². The number of aryl methyl sites for hydroxylation is 1. The highest BCUT2D eigenvalue weighted by molar-refractivity contribution is 5.42. The van der Waals surface area contributed by atoms with Crippen molar-refractivity contribution in [3.05, 3.63) is 78.1 Å². The third kappa shape index (κ3) is 2.97. The van der Waals surface area contributed by atoms with Crippen molar-refractivity contribution in [1.29, 1.82) is 0 Å². The number of anilines is 1. The Hall–Kier alpha value is -2.55. The molecular weight excluding hydrogens is 258 g/mol.